The van der Waals surface area contributed by atoms with Crippen LogP contribution in [0.15, 0.2) is 132 Å². The second-order valence-electron chi connectivity index (χ2n) is 13.7. The van der Waals surface area contributed by atoms with Crippen LogP contribution in [0.25, 0.3) is 10.8 Å². The van der Waals surface area contributed by atoms with Gasteiger partial charge in [0.05, 0.1) is 45.7 Å². The Morgan fingerprint density at radius 1 is 0.567 bits per heavy atom. The van der Waals surface area contributed by atoms with Gasteiger partial charge in [0.25, 0.3) is 50.6 Å². The maximum atomic E-state index is 12.2. The lowest BCUT2D eigenvalue weighted by Gasteiger charge is -2.16. The van der Waals surface area contributed by atoms with E-state index in [1.165, 1.54) is 66.7 Å². The molecule has 26 nitrogen and oxygen atoms in total. The summed E-state index contributed by atoms with van der Waals surface area (Å²) in [5.41, 5.74) is 0.767. The van der Waals surface area contributed by atoms with Gasteiger partial charge >= 0.3 is 0 Å². The average Bonchev–Trinajstić information content (AvgIpc) is 3.22. The predicted molar refractivity (Wildman–Crippen MR) is 239 cm³/mol. The van der Waals surface area contributed by atoms with Gasteiger partial charge < -0.3 is 20.7 Å². The fourth-order valence-electron chi connectivity index (χ4n) is 5.61. The van der Waals surface area contributed by atoms with Gasteiger partial charge in [-0.3, -0.25) is 22.8 Å². The number of azo groups is 2. The zero-order valence-corrected chi connectivity index (χ0v) is 37.9. The highest BCUT2D eigenvalue weighted by atomic mass is 32.2. The van der Waals surface area contributed by atoms with Crippen molar-refractivity contribution in [2.75, 3.05) is 28.3 Å². The number of fused-ring (bicyclic) bond motifs is 1. The van der Waals surface area contributed by atoms with Crippen LogP contribution in [-0.2, 0) is 50.6 Å². The minimum Gasteiger partial charge on any atom is -0.491 e. The summed E-state index contributed by atoms with van der Waals surface area (Å²) in [5.74, 6) is -1.44. The Hall–Kier alpha value is -6.68. The van der Waals surface area contributed by atoms with Crippen LogP contribution in [0.1, 0.15) is 13.3 Å². The lowest BCUT2D eigenvalue weighted by atomic mass is 10.1. The summed E-state index contributed by atoms with van der Waals surface area (Å²) in [4.78, 5) is 11.0. The maximum Gasteiger partial charge on any atom is 0.295 e. The molecule has 6 rings (SSSR count). The molecule has 0 spiro atoms. The molecule has 0 amide bonds. The summed E-state index contributed by atoms with van der Waals surface area (Å²) >= 11 is 0. The number of nitrogens with zero attached hydrogens (tertiary/aromatic N) is 7. The molecule has 0 radical (unpaired) electrons. The topological polar surface area (TPSA) is 405 Å². The normalized spacial score (nSPS) is 13.2. The molecular weight excluding hydrogens is 989 g/mol. The first-order chi connectivity index (χ1) is 31.2. The number of nitrogens with one attached hydrogen (secondary N) is 3. The zero-order chi connectivity index (χ0) is 49.0. The van der Waals surface area contributed by atoms with Crippen molar-refractivity contribution in [2.24, 2.45) is 20.5 Å². The molecule has 0 bridgehead atoms. The largest absolute Gasteiger partial charge is 0.491 e. The van der Waals surface area contributed by atoms with Crippen LogP contribution in [0, 0.1) is 0 Å². The van der Waals surface area contributed by atoms with Crippen LogP contribution < -0.4 is 20.7 Å². The van der Waals surface area contributed by atoms with E-state index in [1.54, 1.807) is 0 Å². The van der Waals surface area contributed by atoms with Gasteiger partial charge in [0, 0.05) is 22.5 Å². The van der Waals surface area contributed by atoms with Gasteiger partial charge in [0.1, 0.15) is 15.5 Å². The lowest BCUT2D eigenvalue weighted by molar-refractivity contribution is 0.317. The summed E-state index contributed by atoms with van der Waals surface area (Å²) in [7, 11) is -23.2. The third-order valence-corrected chi connectivity index (χ3v) is 13.2. The van der Waals surface area contributed by atoms with Gasteiger partial charge in [-0.1, -0.05) is 12.1 Å². The van der Waals surface area contributed by atoms with Crippen LogP contribution in [0.4, 0.5) is 52.0 Å². The van der Waals surface area contributed by atoms with Crippen molar-refractivity contribution in [1.29, 1.82) is 0 Å². The lowest BCUT2D eigenvalue weighted by Crippen LogP contribution is -2.27. The molecule has 6 aromatic rings. The molecular formula is C36H34N10O16S5. The number of aromatic nitrogens is 3. The molecule has 0 fully saturated rings. The van der Waals surface area contributed by atoms with Crippen molar-refractivity contribution >= 4 is 113 Å². The first-order valence-corrected chi connectivity index (χ1v) is 25.9. The number of hydrogen-bond acceptors (Lipinski definition) is 21. The number of anilines is 5. The standard InChI is InChI=1S/C36H34N10O16S5/c1-21(64(50,51)52)37-34-40-35(38-22-6-8-23(9-7-22)44-46-26-18-29-28(33(20-26)67(59,60)61)4-2-5-32(29)66(56,57)58)42-36(41-34)39-30-15-12-25(19-31(30)62-16-3-17-63(47,48)49)45-43-24-10-13-27(14-11-24)65(53,54)55/h2,4-15,18-21H,3,16-17H2,1H3,(H,47,48,49)(H,50,51,52)(H,53,54,55)(H,56,57,58)(H,59,60,61)(H3,37,38,39,40,41,42). The summed E-state index contributed by atoms with van der Waals surface area (Å²) in [6, 6.07) is 20.3. The molecule has 1 unspecified atom stereocenters. The van der Waals surface area contributed by atoms with E-state index in [1.807, 2.05) is 0 Å². The van der Waals surface area contributed by atoms with Crippen LogP contribution in [0.2, 0.25) is 0 Å². The highest BCUT2D eigenvalue weighted by Gasteiger charge is 2.22. The van der Waals surface area contributed by atoms with E-state index < -0.39 is 71.5 Å². The van der Waals surface area contributed by atoms with Gasteiger partial charge in [0.15, 0.2) is 5.37 Å². The molecule has 0 aliphatic carbocycles. The van der Waals surface area contributed by atoms with Crippen LogP contribution in [0.3, 0.4) is 0 Å². The molecule has 1 atom stereocenters. The Balaban J connectivity index is 1.28. The Morgan fingerprint density at radius 2 is 1.12 bits per heavy atom. The van der Waals surface area contributed by atoms with Gasteiger partial charge in [-0.15, -0.1) is 0 Å². The Morgan fingerprint density at radius 3 is 1.70 bits per heavy atom. The van der Waals surface area contributed by atoms with E-state index >= 15 is 0 Å². The van der Waals surface area contributed by atoms with Crippen molar-refractivity contribution in [3.05, 3.63) is 97.1 Å². The fraction of sp³-hybridized carbons (Fsp3) is 0.139. The smallest absolute Gasteiger partial charge is 0.295 e. The van der Waals surface area contributed by atoms with Crippen molar-refractivity contribution in [3.63, 3.8) is 0 Å². The van der Waals surface area contributed by atoms with Crippen molar-refractivity contribution in [2.45, 2.75) is 33.4 Å². The number of benzene rings is 5. The number of hydrogen-bond donors (Lipinski definition) is 8. The van der Waals surface area contributed by atoms with E-state index in [4.69, 9.17) is 4.74 Å². The molecule has 67 heavy (non-hydrogen) atoms. The predicted octanol–water partition coefficient (Wildman–Crippen LogP) is 6.39. The highest BCUT2D eigenvalue weighted by molar-refractivity contribution is 7.87. The number of rotatable bonds is 19. The first kappa shape index (κ1) is 49.7. The van der Waals surface area contributed by atoms with Crippen LogP contribution in [-0.4, -0.2) is 97.5 Å². The maximum absolute atomic E-state index is 12.2. The van der Waals surface area contributed by atoms with E-state index in [0.29, 0.717) is 5.69 Å². The zero-order valence-electron chi connectivity index (χ0n) is 33.8. The second-order valence-corrected chi connectivity index (χ2v) is 21.2. The van der Waals surface area contributed by atoms with Gasteiger partial charge in [-0.2, -0.15) is 77.5 Å². The Kier molecular flexibility index (Phi) is 14.6. The van der Waals surface area contributed by atoms with Gasteiger partial charge in [-0.05, 0) is 92.2 Å². The van der Waals surface area contributed by atoms with Gasteiger partial charge in [-0.25, -0.2) is 0 Å². The van der Waals surface area contributed by atoms with Crippen molar-refractivity contribution in [3.8, 4) is 5.75 Å². The minimum atomic E-state index is -4.91. The minimum absolute atomic E-state index is 0.0192. The monoisotopic (exact) mass is 1020 g/mol. The SMILES string of the molecule is CC(Nc1nc(Nc2ccc(N=Nc3cc(S(=O)(=O)O)c4cccc(S(=O)(=O)O)c4c3)cc2)nc(Nc2ccc(N=Nc3ccc(S(=O)(=O)O)cc3)cc2OCCCS(=O)(=O)O)n1)S(=O)(=O)O. The first-order valence-electron chi connectivity index (χ1n) is 18.5. The molecule has 5 aromatic carbocycles. The Labute approximate surface area is 381 Å². The molecule has 1 heterocycles. The molecule has 0 saturated heterocycles. The summed E-state index contributed by atoms with van der Waals surface area (Å²) in [6.45, 7) is 0.865. The Bertz CT molecular complexity index is 3490. The van der Waals surface area contributed by atoms with Crippen molar-refractivity contribution < 1.29 is 69.6 Å². The molecule has 0 saturated carbocycles. The van der Waals surface area contributed by atoms with E-state index in [0.717, 1.165) is 37.3 Å². The number of ether oxygens (including phenoxy) is 1. The van der Waals surface area contributed by atoms with E-state index in [2.05, 4.69) is 51.4 Å². The molecule has 354 valence electrons. The van der Waals surface area contributed by atoms with Crippen LogP contribution in [0.5, 0.6) is 5.75 Å². The molecule has 0 aliphatic rings. The van der Waals surface area contributed by atoms with E-state index in [9.17, 15) is 64.9 Å². The third kappa shape index (κ3) is 13.9. The summed E-state index contributed by atoms with van der Waals surface area (Å²) < 4.78 is 171. The quantitative estimate of drug-likeness (QED) is 0.0247. The van der Waals surface area contributed by atoms with E-state index in [-0.39, 0.29) is 80.7 Å². The highest BCUT2D eigenvalue weighted by Crippen LogP contribution is 2.35. The van der Waals surface area contributed by atoms with Crippen molar-refractivity contribution in [1.82, 2.24) is 15.0 Å². The molecule has 1 aromatic heterocycles. The second kappa shape index (κ2) is 19.7. The van der Waals surface area contributed by atoms with Crippen LogP contribution >= 0.6 is 0 Å². The molecule has 31 heteroatoms. The average molecular weight is 1020 g/mol. The molecule has 0 aliphatic heterocycles. The third-order valence-electron chi connectivity index (χ3n) is 8.71. The fourth-order valence-corrected chi connectivity index (χ4v) is 8.25. The summed E-state index contributed by atoms with van der Waals surface area (Å²) in [6.07, 6.45) is -0.151. The summed E-state index contributed by atoms with van der Waals surface area (Å²) in [5, 5.41) is 22.3. The molecule has 8 N–H and O–H groups in total. The van der Waals surface area contributed by atoms with Gasteiger partial charge in [0.2, 0.25) is 17.8 Å².